The number of hydrogen-bond acceptors (Lipinski definition) is 3. The van der Waals surface area contributed by atoms with Gasteiger partial charge in [0.1, 0.15) is 6.10 Å². The van der Waals surface area contributed by atoms with Crippen LogP contribution in [0.15, 0.2) is 18.2 Å². The molecule has 1 aliphatic heterocycles. The molecule has 1 aromatic rings. The molecule has 0 unspecified atom stereocenters. The molecule has 126 valence electrons. The van der Waals surface area contributed by atoms with Crippen molar-refractivity contribution in [3.05, 3.63) is 28.8 Å². The summed E-state index contributed by atoms with van der Waals surface area (Å²) in [4.78, 5) is 24.7. The summed E-state index contributed by atoms with van der Waals surface area (Å²) in [6.07, 6.45) is 0.380. The van der Waals surface area contributed by atoms with E-state index in [4.69, 9.17) is 16.3 Å². The first-order chi connectivity index (χ1) is 10.9. The normalized spacial score (nSPS) is 20.6. The molecule has 0 bridgehead atoms. The van der Waals surface area contributed by atoms with Gasteiger partial charge in [0.05, 0.1) is 11.3 Å². The average molecular weight is 339 g/mol. The molecule has 1 aliphatic rings. The Labute approximate surface area is 141 Å². The lowest BCUT2D eigenvalue weighted by molar-refractivity contribution is -0.126. The number of amides is 2. The summed E-state index contributed by atoms with van der Waals surface area (Å²) < 4.78 is 5.59. The zero-order chi connectivity index (χ0) is 17.0. The quantitative estimate of drug-likeness (QED) is 0.867. The van der Waals surface area contributed by atoms with Crippen molar-refractivity contribution in [2.75, 3.05) is 18.5 Å². The summed E-state index contributed by atoms with van der Waals surface area (Å²) in [5, 5.41) is 5.99. The Morgan fingerprint density at radius 3 is 2.78 bits per heavy atom. The summed E-state index contributed by atoms with van der Waals surface area (Å²) in [6, 6.07) is 4.83. The van der Waals surface area contributed by atoms with E-state index in [0.29, 0.717) is 35.3 Å². The fourth-order valence-corrected chi connectivity index (χ4v) is 3.01. The molecule has 1 aromatic carbocycles. The monoisotopic (exact) mass is 338 g/mol. The van der Waals surface area contributed by atoms with Crippen LogP contribution in [-0.2, 0) is 9.53 Å². The SMILES string of the molecule is CCNC(=O)c1ccc(Cl)cc1NC(=O)[C@@H]1OCC[C@@H]1C(C)C. The first kappa shape index (κ1) is 17.8. The minimum atomic E-state index is -0.490. The molecule has 0 aromatic heterocycles. The maximum Gasteiger partial charge on any atom is 0.253 e. The summed E-state index contributed by atoms with van der Waals surface area (Å²) in [5.41, 5.74) is 0.801. The molecule has 6 heteroatoms. The van der Waals surface area contributed by atoms with Gasteiger partial charge in [-0.3, -0.25) is 9.59 Å². The van der Waals surface area contributed by atoms with Gasteiger partial charge in [0.2, 0.25) is 0 Å². The van der Waals surface area contributed by atoms with Crippen molar-refractivity contribution in [2.45, 2.75) is 33.3 Å². The number of benzene rings is 1. The summed E-state index contributed by atoms with van der Waals surface area (Å²) >= 11 is 6.01. The molecule has 2 atom stereocenters. The maximum absolute atomic E-state index is 12.6. The third kappa shape index (κ3) is 4.24. The van der Waals surface area contributed by atoms with Crippen LogP contribution in [0.2, 0.25) is 5.02 Å². The average Bonchev–Trinajstić information content (AvgIpc) is 2.97. The Hall–Kier alpha value is -1.59. The van der Waals surface area contributed by atoms with Crippen molar-refractivity contribution in [1.29, 1.82) is 0 Å². The molecule has 0 saturated carbocycles. The maximum atomic E-state index is 12.6. The van der Waals surface area contributed by atoms with Crippen LogP contribution in [0.25, 0.3) is 0 Å². The minimum Gasteiger partial charge on any atom is -0.368 e. The van der Waals surface area contributed by atoms with Gasteiger partial charge in [-0.1, -0.05) is 25.4 Å². The van der Waals surface area contributed by atoms with Gasteiger partial charge in [-0.25, -0.2) is 0 Å². The fourth-order valence-electron chi connectivity index (χ4n) is 2.84. The van der Waals surface area contributed by atoms with Gasteiger partial charge in [0, 0.05) is 18.2 Å². The van der Waals surface area contributed by atoms with Gasteiger partial charge in [-0.05, 0) is 43.4 Å². The second kappa shape index (κ2) is 7.79. The minimum absolute atomic E-state index is 0.183. The summed E-state index contributed by atoms with van der Waals surface area (Å²) in [6.45, 7) is 7.10. The smallest absolute Gasteiger partial charge is 0.253 e. The van der Waals surface area contributed by atoms with Crippen LogP contribution in [0.4, 0.5) is 5.69 Å². The van der Waals surface area contributed by atoms with Crippen molar-refractivity contribution in [1.82, 2.24) is 5.32 Å². The molecule has 0 spiro atoms. The highest BCUT2D eigenvalue weighted by Crippen LogP contribution is 2.29. The van der Waals surface area contributed by atoms with Crippen molar-refractivity contribution in [2.24, 2.45) is 11.8 Å². The Morgan fingerprint density at radius 2 is 2.13 bits per heavy atom. The zero-order valence-electron chi connectivity index (χ0n) is 13.7. The van der Waals surface area contributed by atoms with E-state index < -0.39 is 6.10 Å². The van der Waals surface area contributed by atoms with Crippen LogP contribution in [-0.4, -0.2) is 31.1 Å². The van der Waals surface area contributed by atoms with Crippen LogP contribution in [0.5, 0.6) is 0 Å². The van der Waals surface area contributed by atoms with Crippen molar-refractivity contribution in [3.63, 3.8) is 0 Å². The van der Waals surface area contributed by atoms with E-state index in [9.17, 15) is 9.59 Å². The molecule has 1 saturated heterocycles. The molecule has 2 amide bonds. The van der Waals surface area contributed by atoms with Gasteiger partial charge in [-0.15, -0.1) is 0 Å². The number of hydrogen-bond donors (Lipinski definition) is 2. The molecular weight excluding hydrogens is 316 g/mol. The van der Waals surface area contributed by atoms with Gasteiger partial charge in [0.15, 0.2) is 0 Å². The zero-order valence-corrected chi connectivity index (χ0v) is 14.4. The third-order valence-electron chi connectivity index (χ3n) is 4.07. The third-order valence-corrected chi connectivity index (χ3v) is 4.31. The van der Waals surface area contributed by atoms with Crippen molar-refractivity contribution >= 4 is 29.1 Å². The first-order valence-corrected chi connectivity index (χ1v) is 8.32. The Kier molecular flexibility index (Phi) is 6.02. The highest BCUT2D eigenvalue weighted by molar-refractivity contribution is 6.31. The topological polar surface area (TPSA) is 67.4 Å². The molecule has 1 heterocycles. The Bertz CT molecular complexity index is 589. The lowest BCUT2D eigenvalue weighted by Crippen LogP contribution is -2.35. The van der Waals surface area contributed by atoms with E-state index in [2.05, 4.69) is 24.5 Å². The molecule has 0 aliphatic carbocycles. The lowest BCUT2D eigenvalue weighted by atomic mass is 9.89. The van der Waals surface area contributed by atoms with Crippen LogP contribution in [0, 0.1) is 11.8 Å². The second-order valence-corrected chi connectivity index (χ2v) is 6.46. The van der Waals surface area contributed by atoms with E-state index in [1.165, 1.54) is 0 Å². The fraction of sp³-hybridized carbons (Fsp3) is 0.529. The van der Waals surface area contributed by atoms with Gasteiger partial charge >= 0.3 is 0 Å². The predicted molar refractivity (Wildman–Crippen MR) is 90.8 cm³/mol. The summed E-state index contributed by atoms with van der Waals surface area (Å²) in [7, 11) is 0. The number of rotatable bonds is 5. The van der Waals surface area contributed by atoms with Crippen LogP contribution < -0.4 is 10.6 Å². The second-order valence-electron chi connectivity index (χ2n) is 6.03. The highest BCUT2D eigenvalue weighted by Gasteiger charge is 2.36. The number of carbonyl (C=O) groups excluding carboxylic acids is 2. The molecular formula is C17H23ClN2O3. The van der Waals surface area contributed by atoms with Gasteiger partial charge in [0.25, 0.3) is 11.8 Å². The molecule has 5 nitrogen and oxygen atoms in total. The van der Waals surface area contributed by atoms with E-state index in [0.717, 1.165) is 6.42 Å². The van der Waals surface area contributed by atoms with E-state index in [1.54, 1.807) is 18.2 Å². The van der Waals surface area contributed by atoms with Crippen LogP contribution in [0.1, 0.15) is 37.6 Å². The first-order valence-electron chi connectivity index (χ1n) is 7.94. The largest absolute Gasteiger partial charge is 0.368 e. The van der Waals surface area contributed by atoms with Crippen molar-refractivity contribution in [3.8, 4) is 0 Å². The van der Waals surface area contributed by atoms with E-state index >= 15 is 0 Å². The Morgan fingerprint density at radius 1 is 1.39 bits per heavy atom. The van der Waals surface area contributed by atoms with E-state index in [1.807, 2.05) is 6.92 Å². The number of carbonyl (C=O) groups is 2. The molecule has 2 N–H and O–H groups in total. The number of nitrogens with one attached hydrogen (secondary N) is 2. The van der Waals surface area contributed by atoms with Gasteiger partial charge < -0.3 is 15.4 Å². The highest BCUT2D eigenvalue weighted by atomic mass is 35.5. The molecule has 2 rings (SSSR count). The van der Waals surface area contributed by atoms with Crippen LogP contribution >= 0.6 is 11.6 Å². The number of halogens is 1. The van der Waals surface area contributed by atoms with E-state index in [-0.39, 0.29) is 17.7 Å². The van der Waals surface area contributed by atoms with Gasteiger partial charge in [-0.2, -0.15) is 0 Å². The molecule has 1 fully saturated rings. The molecule has 23 heavy (non-hydrogen) atoms. The number of ether oxygens (including phenoxy) is 1. The summed E-state index contributed by atoms with van der Waals surface area (Å²) in [5.74, 6) is 0.0683. The lowest BCUT2D eigenvalue weighted by Gasteiger charge is -2.21. The van der Waals surface area contributed by atoms with Crippen molar-refractivity contribution < 1.29 is 14.3 Å². The Balaban J connectivity index is 2.20. The predicted octanol–water partition coefficient (Wildman–Crippen LogP) is 3.09. The van der Waals surface area contributed by atoms with Crippen LogP contribution in [0.3, 0.4) is 0 Å². The number of anilines is 1. The molecule has 0 radical (unpaired) electrons. The standard InChI is InChI=1S/C17H23ClN2O3/c1-4-19-16(21)13-6-5-11(18)9-14(13)20-17(22)15-12(10(2)3)7-8-23-15/h5-6,9-10,12,15H,4,7-8H2,1-3H3,(H,19,21)(H,20,22)/t12-,15-/m1/s1.